The molecule has 3 nitrogen and oxygen atoms in total. The van der Waals surface area contributed by atoms with Crippen LogP contribution in [-0.2, 0) is 11.8 Å². The first kappa shape index (κ1) is 13.8. The second-order valence-electron chi connectivity index (χ2n) is 5.89. The van der Waals surface area contributed by atoms with E-state index < -0.39 is 0 Å². The van der Waals surface area contributed by atoms with Crippen LogP contribution in [-0.4, -0.2) is 0 Å². The summed E-state index contributed by atoms with van der Waals surface area (Å²) in [5.41, 5.74) is 5.57. The highest BCUT2D eigenvalue weighted by molar-refractivity contribution is 5.28. The number of furan rings is 1. The summed E-state index contributed by atoms with van der Waals surface area (Å²) in [5.74, 6) is 6.46. The number of nitrogens with one attached hydrogen (secondary N) is 1. The maximum atomic E-state index is 5.60. The summed E-state index contributed by atoms with van der Waals surface area (Å²) in [6.45, 7) is 6.65. The zero-order valence-electron chi connectivity index (χ0n) is 11.8. The van der Waals surface area contributed by atoms with E-state index in [1.807, 2.05) is 12.1 Å². The Morgan fingerprint density at radius 3 is 2.32 bits per heavy atom. The van der Waals surface area contributed by atoms with E-state index in [4.69, 9.17) is 10.3 Å². The van der Waals surface area contributed by atoms with Gasteiger partial charge in [0, 0.05) is 0 Å². The van der Waals surface area contributed by atoms with Crippen LogP contribution in [0, 0.1) is 0 Å². The fourth-order valence-corrected chi connectivity index (χ4v) is 2.11. The molecule has 1 atom stereocenters. The first-order chi connectivity index (χ1) is 9.00. The van der Waals surface area contributed by atoms with Gasteiger partial charge in [-0.15, -0.1) is 0 Å². The molecule has 0 amide bonds. The second kappa shape index (κ2) is 5.59. The summed E-state index contributed by atoms with van der Waals surface area (Å²) < 4.78 is 5.39. The van der Waals surface area contributed by atoms with Crippen molar-refractivity contribution in [1.82, 2.24) is 5.43 Å². The minimum Gasteiger partial charge on any atom is -0.468 e. The molecule has 0 fully saturated rings. The van der Waals surface area contributed by atoms with Crippen LogP contribution in [0.3, 0.4) is 0 Å². The zero-order chi connectivity index (χ0) is 13.9. The van der Waals surface area contributed by atoms with E-state index in [0.29, 0.717) is 0 Å². The molecule has 2 rings (SSSR count). The van der Waals surface area contributed by atoms with Gasteiger partial charge in [-0.2, -0.15) is 0 Å². The third-order valence-corrected chi connectivity index (χ3v) is 3.35. The monoisotopic (exact) mass is 258 g/mol. The number of hydrogen-bond donors (Lipinski definition) is 2. The minimum atomic E-state index is 0.00971. The van der Waals surface area contributed by atoms with Gasteiger partial charge in [-0.05, 0) is 35.1 Å². The fraction of sp³-hybridized carbons (Fsp3) is 0.375. The average molecular weight is 258 g/mol. The standard InChI is InChI=1S/C16H22N2O/c1-16(2,3)13-8-6-12(7-9-13)11-14(18-17)15-5-4-10-19-15/h4-10,14,18H,11,17H2,1-3H3. The van der Waals surface area contributed by atoms with Crippen LogP contribution in [0.4, 0.5) is 0 Å². The maximum absolute atomic E-state index is 5.60. The predicted molar refractivity (Wildman–Crippen MR) is 77.6 cm³/mol. The van der Waals surface area contributed by atoms with Crippen molar-refractivity contribution in [3.05, 3.63) is 59.5 Å². The van der Waals surface area contributed by atoms with Gasteiger partial charge in [-0.25, -0.2) is 5.43 Å². The van der Waals surface area contributed by atoms with Crippen LogP contribution in [0.15, 0.2) is 47.1 Å². The van der Waals surface area contributed by atoms with Crippen LogP contribution in [0.1, 0.15) is 43.7 Å². The Hall–Kier alpha value is -1.58. The Labute approximate surface area is 114 Å². The van der Waals surface area contributed by atoms with Crippen molar-refractivity contribution in [3.63, 3.8) is 0 Å². The van der Waals surface area contributed by atoms with E-state index in [-0.39, 0.29) is 11.5 Å². The van der Waals surface area contributed by atoms with Crippen molar-refractivity contribution >= 4 is 0 Å². The van der Waals surface area contributed by atoms with E-state index in [1.54, 1.807) is 6.26 Å². The highest BCUT2D eigenvalue weighted by atomic mass is 16.3. The van der Waals surface area contributed by atoms with Gasteiger partial charge in [0.2, 0.25) is 0 Å². The highest BCUT2D eigenvalue weighted by Crippen LogP contribution is 2.24. The Kier molecular flexibility index (Phi) is 4.08. The van der Waals surface area contributed by atoms with Crippen molar-refractivity contribution < 1.29 is 4.42 Å². The van der Waals surface area contributed by atoms with Gasteiger partial charge in [0.1, 0.15) is 5.76 Å². The lowest BCUT2D eigenvalue weighted by atomic mass is 9.86. The summed E-state index contributed by atoms with van der Waals surface area (Å²) in [7, 11) is 0. The molecule has 1 heterocycles. The molecule has 0 saturated carbocycles. The molecule has 0 saturated heterocycles. The van der Waals surface area contributed by atoms with Crippen LogP contribution in [0.5, 0.6) is 0 Å². The van der Waals surface area contributed by atoms with Crippen LogP contribution < -0.4 is 11.3 Å². The molecular weight excluding hydrogens is 236 g/mol. The third kappa shape index (κ3) is 3.46. The molecule has 2 aromatic rings. The molecular formula is C16H22N2O. The van der Waals surface area contributed by atoms with Crippen molar-refractivity contribution in [2.24, 2.45) is 5.84 Å². The van der Waals surface area contributed by atoms with Crippen LogP contribution in [0.25, 0.3) is 0 Å². The SMILES string of the molecule is CC(C)(C)c1ccc(CC(NN)c2ccco2)cc1. The average Bonchev–Trinajstić information content (AvgIpc) is 2.89. The Morgan fingerprint density at radius 2 is 1.84 bits per heavy atom. The lowest BCUT2D eigenvalue weighted by Crippen LogP contribution is -2.29. The normalized spacial score (nSPS) is 13.5. The number of benzene rings is 1. The van der Waals surface area contributed by atoms with Gasteiger partial charge in [0.25, 0.3) is 0 Å². The number of rotatable bonds is 4. The van der Waals surface area contributed by atoms with Gasteiger partial charge in [-0.3, -0.25) is 5.84 Å². The van der Waals surface area contributed by atoms with Gasteiger partial charge >= 0.3 is 0 Å². The second-order valence-corrected chi connectivity index (χ2v) is 5.89. The zero-order valence-corrected chi connectivity index (χ0v) is 11.8. The molecule has 1 unspecified atom stereocenters. The van der Waals surface area contributed by atoms with E-state index in [0.717, 1.165) is 12.2 Å². The molecule has 0 aliphatic heterocycles. The summed E-state index contributed by atoms with van der Waals surface area (Å²) in [5, 5.41) is 0. The Bertz CT molecular complexity index is 495. The van der Waals surface area contributed by atoms with E-state index in [1.165, 1.54) is 11.1 Å². The molecule has 3 heteroatoms. The summed E-state index contributed by atoms with van der Waals surface area (Å²) in [6.07, 6.45) is 2.48. The topological polar surface area (TPSA) is 51.2 Å². The van der Waals surface area contributed by atoms with Gasteiger partial charge in [-0.1, -0.05) is 45.0 Å². The molecule has 102 valence electrons. The van der Waals surface area contributed by atoms with E-state index in [9.17, 15) is 0 Å². The largest absolute Gasteiger partial charge is 0.468 e. The lowest BCUT2D eigenvalue weighted by Gasteiger charge is -2.20. The van der Waals surface area contributed by atoms with Crippen molar-refractivity contribution in [2.75, 3.05) is 0 Å². The predicted octanol–water partition coefficient (Wildman–Crippen LogP) is 3.32. The fourth-order valence-electron chi connectivity index (χ4n) is 2.11. The lowest BCUT2D eigenvalue weighted by molar-refractivity contribution is 0.416. The molecule has 0 spiro atoms. The number of nitrogens with two attached hydrogens (primary N) is 1. The van der Waals surface area contributed by atoms with Gasteiger partial charge < -0.3 is 4.42 Å². The number of hydrazine groups is 1. The summed E-state index contributed by atoms with van der Waals surface area (Å²) in [4.78, 5) is 0. The Morgan fingerprint density at radius 1 is 1.16 bits per heavy atom. The van der Waals surface area contributed by atoms with E-state index in [2.05, 4.69) is 50.5 Å². The quantitative estimate of drug-likeness (QED) is 0.653. The highest BCUT2D eigenvalue weighted by Gasteiger charge is 2.15. The summed E-state index contributed by atoms with van der Waals surface area (Å²) in [6, 6.07) is 12.5. The van der Waals surface area contributed by atoms with E-state index >= 15 is 0 Å². The Balaban J connectivity index is 2.11. The molecule has 3 N–H and O–H groups in total. The van der Waals surface area contributed by atoms with Crippen LogP contribution >= 0.6 is 0 Å². The molecule has 0 aliphatic rings. The molecule has 0 bridgehead atoms. The van der Waals surface area contributed by atoms with Gasteiger partial charge in [0.15, 0.2) is 0 Å². The molecule has 0 radical (unpaired) electrons. The molecule has 19 heavy (non-hydrogen) atoms. The van der Waals surface area contributed by atoms with Gasteiger partial charge in [0.05, 0.1) is 12.3 Å². The van der Waals surface area contributed by atoms with Crippen molar-refractivity contribution in [1.29, 1.82) is 0 Å². The molecule has 1 aromatic carbocycles. The first-order valence-electron chi connectivity index (χ1n) is 6.59. The maximum Gasteiger partial charge on any atom is 0.122 e. The summed E-state index contributed by atoms with van der Waals surface area (Å²) >= 11 is 0. The smallest absolute Gasteiger partial charge is 0.122 e. The van der Waals surface area contributed by atoms with Crippen molar-refractivity contribution in [2.45, 2.75) is 38.6 Å². The van der Waals surface area contributed by atoms with Crippen molar-refractivity contribution in [3.8, 4) is 0 Å². The molecule has 0 aliphatic carbocycles. The minimum absolute atomic E-state index is 0.00971. The first-order valence-corrected chi connectivity index (χ1v) is 6.59. The molecule has 1 aromatic heterocycles. The third-order valence-electron chi connectivity index (χ3n) is 3.35. The number of hydrogen-bond acceptors (Lipinski definition) is 3. The van der Waals surface area contributed by atoms with Crippen LogP contribution in [0.2, 0.25) is 0 Å².